The number of carbonyl (C=O) groups is 1. The van der Waals surface area contributed by atoms with Crippen LogP contribution in [0.15, 0.2) is 30.3 Å². The van der Waals surface area contributed by atoms with Crippen molar-refractivity contribution in [3.05, 3.63) is 63.7 Å². The summed E-state index contributed by atoms with van der Waals surface area (Å²) in [5, 5.41) is 2.89. The molecule has 2 N–H and O–H groups in total. The van der Waals surface area contributed by atoms with E-state index >= 15 is 0 Å². The molecule has 0 aliphatic heterocycles. The second-order valence-corrected chi connectivity index (χ2v) is 10.0. The van der Waals surface area contributed by atoms with Crippen LogP contribution >= 0.6 is 11.6 Å². The number of nitrogens with zero attached hydrogens (tertiary/aromatic N) is 1. The van der Waals surface area contributed by atoms with Gasteiger partial charge in [0, 0.05) is 29.3 Å². The van der Waals surface area contributed by atoms with Gasteiger partial charge in [-0.05, 0) is 29.8 Å². The third-order valence-electron chi connectivity index (χ3n) is 4.12. The SMILES string of the molecule is C#Cc1cc(CNC(=O)C=Cc2ccc(C(C)(C)C)nc2Cl)cc(F)c1NS(C)(=O)=O. The molecule has 0 saturated carbocycles. The Balaban J connectivity index is 2.09. The lowest BCUT2D eigenvalue weighted by Crippen LogP contribution is -2.21. The van der Waals surface area contributed by atoms with E-state index in [-0.39, 0.29) is 28.4 Å². The zero-order chi connectivity index (χ0) is 23.4. The van der Waals surface area contributed by atoms with Crippen molar-refractivity contribution >= 4 is 39.3 Å². The van der Waals surface area contributed by atoms with E-state index in [0.29, 0.717) is 11.1 Å². The lowest BCUT2D eigenvalue weighted by Gasteiger charge is -2.18. The molecule has 2 rings (SSSR count). The number of nitrogens with one attached hydrogen (secondary N) is 2. The van der Waals surface area contributed by atoms with Gasteiger partial charge in [0.05, 0.1) is 17.5 Å². The number of terminal acetylenes is 1. The standard InChI is InChI=1S/C22H23ClFN3O3S/c1-6-15-11-14(12-17(24)20(15)27-31(5,29)30)13-25-19(28)10-8-16-7-9-18(22(2,3)4)26-21(16)23/h1,7-12,27H,13H2,2-5H3,(H,25,28). The van der Waals surface area contributed by atoms with Crippen LogP contribution in [0.2, 0.25) is 5.15 Å². The van der Waals surface area contributed by atoms with E-state index < -0.39 is 21.7 Å². The number of halogens is 2. The highest BCUT2D eigenvalue weighted by Gasteiger charge is 2.16. The molecule has 2 aromatic rings. The fourth-order valence-corrected chi connectivity index (χ4v) is 3.36. The van der Waals surface area contributed by atoms with Crippen molar-refractivity contribution in [3.8, 4) is 12.3 Å². The van der Waals surface area contributed by atoms with Gasteiger partial charge in [-0.3, -0.25) is 9.52 Å². The highest BCUT2D eigenvalue weighted by molar-refractivity contribution is 7.92. The Morgan fingerprint density at radius 3 is 2.55 bits per heavy atom. The molecule has 9 heteroatoms. The molecule has 31 heavy (non-hydrogen) atoms. The molecular weight excluding hydrogens is 441 g/mol. The zero-order valence-electron chi connectivity index (χ0n) is 17.6. The van der Waals surface area contributed by atoms with Crippen LogP contribution in [-0.4, -0.2) is 25.6 Å². The molecule has 6 nitrogen and oxygen atoms in total. The Bertz CT molecular complexity index is 1180. The number of rotatable bonds is 6. The molecule has 0 aliphatic rings. The molecule has 164 valence electrons. The van der Waals surface area contributed by atoms with Gasteiger partial charge in [0.1, 0.15) is 11.0 Å². The third-order valence-corrected chi connectivity index (χ3v) is 5.00. The largest absolute Gasteiger partial charge is 0.348 e. The molecular formula is C22H23ClFN3O3S. The number of hydrogen-bond acceptors (Lipinski definition) is 4. The molecule has 1 heterocycles. The summed E-state index contributed by atoms with van der Waals surface area (Å²) in [5.74, 6) is 0.971. The van der Waals surface area contributed by atoms with Gasteiger partial charge >= 0.3 is 0 Å². The van der Waals surface area contributed by atoms with Gasteiger partial charge in [0.2, 0.25) is 15.9 Å². The van der Waals surface area contributed by atoms with Gasteiger partial charge in [0.15, 0.2) is 0 Å². The van der Waals surface area contributed by atoms with Crippen LogP contribution in [0.25, 0.3) is 6.08 Å². The minimum atomic E-state index is -3.70. The summed E-state index contributed by atoms with van der Waals surface area (Å²) in [4.78, 5) is 16.5. The lowest BCUT2D eigenvalue weighted by molar-refractivity contribution is -0.116. The summed E-state index contributed by atoms with van der Waals surface area (Å²) in [6.45, 7) is 6.05. The van der Waals surface area contributed by atoms with Crippen molar-refractivity contribution < 1.29 is 17.6 Å². The number of benzene rings is 1. The number of sulfonamides is 1. The Morgan fingerprint density at radius 2 is 2.00 bits per heavy atom. The van der Waals surface area contributed by atoms with E-state index in [9.17, 15) is 17.6 Å². The van der Waals surface area contributed by atoms with Crippen LogP contribution in [0.5, 0.6) is 0 Å². The van der Waals surface area contributed by atoms with Crippen molar-refractivity contribution in [1.82, 2.24) is 10.3 Å². The molecule has 0 unspecified atom stereocenters. The van der Waals surface area contributed by atoms with E-state index in [4.69, 9.17) is 18.0 Å². The van der Waals surface area contributed by atoms with Crippen molar-refractivity contribution in [3.63, 3.8) is 0 Å². The Morgan fingerprint density at radius 1 is 1.32 bits per heavy atom. The van der Waals surface area contributed by atoms with Crippen LogP contribution in [0.4, 0.5) is 10.1 Å². The van der Waals surface area contributed by atoms with E-state index in [0.717, 1.165) is 18.0 Å². The summed E-state index contributed by atoms with van der Waals surface area (Å²) < 4.78 is 39.1. The van der Waals surface area contributed by atoms with E-state index in [2.05, 4.69) is 20.9 Å². The van der Waals surface area contributed by atoms with Crippen LogP contribution in [0, 0.1) is 18.2 Å². The van der Waals surface area contributed by atoms with Crippen LogP contribution in [-0.2, 0) is 26.8 Å². The number of hydrogen-bond donors (Lipinski definition) is 2. The predicted octanol–water partition coefficient (Wildman–Crippen LogP) is 3.85. The number of anilines is 1. The maximum Gasteiger partial charge on any atom is 0.244 e. The molecule has 1 aromatic heterocycles. The second kappa shape index (κ2) is 9.50. The number of aromatic nitrogens is 1. The number of carbonyl (C=O) groups excluding carboxylic acids is 1. The van der Waals surface area contributed by atoms with E-state index in [1.54, 1.807) is 6.07 Å². The summed E-state index contributed by atoms with van der Waals surface area (Å²) in [7, 11) is -3.70. The first kappa shape index (κ1) is 24.4. The topological polar surface area (TPSA) is 88.2 Å². The molecule has 0 spiro atoms. The van der Waals surface area contributed by atoms with E-state index in [1.807, 2.05) is 26.8 Å². The molecule has 1 aromatic carbocycles. The van der Waals surface area contributed by atoms with Gasteiger partial charge in [-0.2, -0.15) is 0 Å². The van der Waals surface area contributed by atoms with Crippen molar-refractivity contribution in [2.75, 3.05) is 11.0 Å². The molecule has 0 fully saturated rings. The summed E-state index contributed by atoms with van der Waals surface area (Å²) in [6, 6.07) is 6.15. The Labute approximate surface area is 187 Å². The molecule has 0 radical (unpaired) electrons. The van der Waals surface area contributed by atoms with Gasteiger partial charge in [0.25, 0.3) is 0 Å². The first-order chi connectivity index (χ1) is 14.3. The second-order valence-electron chi connectivity index (χ2n) is 7.90. The summed E-state index contributed by atoms with van der Waals surface area (Å²) >= 11 is 6.20. The monoisotopic (exact) mass is 463 g/mol. The average Bonchev–Trinajstić information content (AvgIpc) is 2.65. The molecule has 0 atom stereocenters. The van der Waals surface area contributed by atoms with Crippen molar-refractivity contribution in [2.24, 2.45) is 0 Å². The van der Waals surface area contributed by atoms with Crippen molar-refractivity contribution in [2.45, 2.75) is 32.7 Å². The Hall–Kier alpha value is -2.89. The van der Waals surface area contributed by atoms with Crippen LogP contribution < -0.4 is 10.0 Å². The zero-order valence-corrected chi connectivity index (χ0v) is 19.2. The normalized spacial score (nSPS) is 11.9. The van der Waals surface area contributed by atoms with Crippen LogP contribution in [0.1, 0.15) is 43.2 Å². The van der Waals surface area contributed by atoms with Gasteiger partial charge in [-0.1, -0.05) is 44.4 Å². The minimum Gasteiger partial charge on any atom is -0.348 e. The molecule has 1 amide bonds. The Kier molecular flexibility index (Phi) is 7.47. The highest BCUT2D eigenvalue weighted by Crippen LogP contribution is 2.25. The molecule has 0 bridgehead atoms. The maximum absolute atomic E-state index is 14.3. The summed E-state index contributed by atoms with van der Waals surface area (Å²) in [5.41, 5.74) is 1.37. The highest BCUT2D eigenvalue weighted by atomic mass is 35.5. The first-order valence-corrected chi connectivity index (χ1v) is 11.5. The molecule has 0 saturated heterocycles. The lowest BCUT2D eigenvalue weighted by atomic mass is 9.91. The van der Waals surface area contributed by atoms with Gasteiger partial charge in [-0.15, -0.1) is 6.42 Å². The smallest absolute Gasteiger partial charge is 0.244 e. The predicted molar refractivity (Wildman–Crippen MR) is 122 cm³/mol. The first-order valence-electron chi connectivity index (χ1n) is 9.20. The van der Waals surface area contributed by atoms with E-state index in [1.165, 1.54) is 18.2 Å². The maximum atomic E-state index is 14.3. The number of amides is 1. The van der Waals surface area contributed by atoms with Crippen molar-refractivity contribution in [1.29, 1.82) is 0 Å². The molecule has 0 aliphatic carbocycles. The van der Waals surface area contributed by atoms with Gasteiger partial charge in [-0.25, -0.2) is 17.8 Å². The minimum absolute atomic E-state index is 0.0110. The quantitative estimate of drug-likeness (QED) is 0.387. The van der Waals surface area contributed by atoms with Gasteiger partial charge < -0.3 is 5.32 Å². The van der Waals surface area contributed by atoms with Crippen LogP contribution in [0.3, 0.4) is 0 Å². The third kappa shape index (κ3) is 7.09. The fourth-order valence-electron chi connectivity index (χ4n) is 2.57. The fraction of sp³-hybridized carbons (Fsp3) is 0.273. The number of pyridine rings is 1. The average molecular weight is 464 g/mol. The summed E-state index contributed by atoms with van der Waals surface area (Å²) in [6.07, 6.45) is 9.07.